The molecule has 0 aromatic heterocycles. The van der Waals surface area contributed by atoms with Gasteiger partial charge in [-0.25, -0.2) is 8.78 Å². The van der Waals surface area contributed by atoms with Gasteiger partial charge in [0.25, 0.3) is 11.8 Å². The zero-order chi connectivity index (χ0) is 26.5. The molecule has 2 aliphatic carbocycles. The van der Waals surface area contributed by atoms with E-state index in [9.17, 15) is 33.1 Å². The summed E-state index contributed by atoms with van der Waals surface area (Å²) < 4.78 is 27.7. The van der Waals surface area contributed by atoms with Gasteiger partial charge in [-0.05, 0) is 43.7 Å². The third-order valence-electron chi connectivity index (χ3n) is 7.96. The predicted molar refractivity (Wildman–Crippen MR) is 130 cm³/mol. The van der Waals surface area contributed by atoms with Crippen molar-refractivity contribution in [1.82, 2.24) is 15.1 Å². The molecular formula is C27H35F2N3O5. The van der Waals surface area contributed by atoms with E-state index in [1.807, 2.05) is 0 Å². The molecule has 2 saturated carbocycles. The van der Waals surface area contributed by atoms with E-state index in [0.29, 0.717) is 18.9 Å². The molecule has 202 valence electrons. The molecule has 4 rings (SSSR count). The zero-order valence-electron chi connectivity index (χ0n) is 21.0. The van der Waals surface area contributed by atoms with Crippen LogP contribution in [0.4, 0.5) is 8.78 Å². The third kappa shape index (κ3) is 6.45. The minimum absolute atomic E-state index is 0.0147. The number of carboxylic acid groups (broad SMARTS) is 1. The summed E-state index contributed by atoms with van der Waals surface area (Å²) in [4.78, 5) is 54.7. The Bertz CT molecular complexity index is 1000. The van der Waals surface area contributed by atoms with Crippen LogP contribution in [0.1, 0.15) is 81.0 Å². The monoisotopic (exact) mass is 519 g/mol. The number of amides is 3. The molecule has 0 radical (unpaired) electrons. The predicted octanol–water partition coefficient (Wildman–Crippen LogP) is 3.70. The highest BCUT2D eigenvalue weighted by Gasteiger charge is 2.45. The molecule has 1 aliphatic heterocycles. The summed E-state index contributed by atoms with van der Waals surface area (Å²) in [6.07, 6.45) is 7.24. The second-order valence-electron chi connectivity index (χ2n) is 10.5. The van der Waals surface area contributed by atoms with Crippen LogP contribution in [0, 0.1) is 23.5 Å². The number of carbonyl (C=O) groups excluding carboxylic acids is 3. The van der Waals surface area contributed by atoms with E-state index in [-0.39, 0.29) is 42.8 Å². The SMILES string of the molecule is O=C(O)CC(NC(=O)C1N(C(=O)c2cc(F)cc(F)c2)CCN1C(=O)C1CCCCC1)C1CCCCC1. The van der Waals surface area contributed by atoms with Gasteiger partial charge in [-0.15, -0.1) is 0 Å². The number of nitrogens with one attached hydrogen (secondary N) is 1. The lowest BCUT2D eigenvalue weighted by Crippen LogP contribution is -2.57. The minimum Gasteiger partial charge on any atom is -0.481 e. The van der Waals surface area contributed by atoms with Crippen molar-refractivity contribution >= 4 is 23.7 Å². The van der Waals surface area contributed by atoms with Crippen molar-refractivity contribution in [2.24, 2.45) is 11.8 Å². The van der Waals surface area contributed by atoms with E-state index in [4.69, 9.17) is 0 Å². The van der Waals surface area contributed by atoms with Crippen molar-refractivity contribution in [3.63, 3.8) is 0 Å². The van der Waals surface area contributed by atoms with Crippen LogP contribution in [0.25, 0.3) is 0 Å². The Balaban J connectivity index is 1.61. The lowest BCUT2D eigenvalue weighted by Gasteiger charge is -2.35. The highest BCUT2D eigenvalue weighted by Crippen LogP contribution is 2.31. The second-order valence-corrected chi connectivity index (χ2v) is 10.5. The number of hydrogen-bond acceptors (Lipinski definition) is 4. The van der Waals surface area contributed by atoms with Crippen molar-refractivity contribution in [2.75, 3.05) is 13.1 Å². The van der Waals surface area contributed by atoms with Crippen LogP contribution in [0.2, 0.25) is 0 Å². The summed E-state index contributed by atoms with van der Waals surface area (Å²) in [5.74, 6) is -4.75. The van der Waals surface area contributed by atoms with E-state index >= 15 is 0 Å². The van der Waals surface area contributed by atoms with E-state index in [2.05, 4.69) is 5.32 Å². The smallest absolute Gasteiger partial charge is 0.305 e. The van der Waals surface area contributed by atoms with E-state index in [1.54, 1.807) is 0 Å². The largest absolute Gasteiger partial charge is 0.481 e. The Morgan fingerprint density at radius 1 is 0.865 bits per heavy atom. The maximum atomic E-state index is 13.9. The van der Waals surface area contributed by atoms with Crippen molar-refractivity contribution in [2.45, 2.75) is 82.8 Å². The van der Waals surface area contributed by atoms with Crippen LogP contribution < -0.4 is 5.32 Å². The van der Waals surface area contributed by atoms with Crippen LogP contribution in [0.15, 0.2) is 18.2 Å². The molecule has 8 nitrogen and oxygen atoms in total. The molecule has 37 heavy (non-hydrogen) atoms. The quantitative estimate of drug-likeness (QED) is 0.571. The first-order chi connectivity index (χ1) is 17.7. The summed E-state index contributed by atoms with van der Waals surface area (Å²) in [5, 5.41) is 12.3. The van der Waals surface area contributed by atoms with Crippen LogP contribution in [0.5, 0.6) is 0 Å². The molecule has 0 spiro atoms. The fourth-order valence-electron chi connectivity index (χ4n) is 6.10. The van der Waals surface area contributed by atoms with Gasteiger partial charge in [0.2, 0.25) is 5.91 Å². The lowest BCUT2D eigenvalue weighted by atomic mass is 9.82. The molecule has 3 fully saturated rings. The van der Waals surface area contributed by atoms with Crippen LogP contribution in [-0.2, 0) is 14.4 Å². The molecular weight excluding hydrogens is 484 g/mol. The molecule has 1 heterocycles. The second kappa shape index (κ2) is 12.0. The van der Waals surface area contributed by atoms with Crippen molar-refractivity contribution in [1.29, 1.82) is 0 Å². The van der Waals surface area contributed by atoms with Crippen molar-refractivity contribution in [3.8, 4) is 0 Å². The molecule has 1 aromatic rings. The number of halogens is 2. The van der Waals surface area contributed by atoms with Gasteiger partial charge in [0.05, 0.1) is 6.42 Å². The zero-order valence-corrected chi connectivity index (χ0v) is 21.0. The summed E-state index contributed by atoms with van der Waals surface area (Å²) in [6.45, 7) is 0.143. The molecule has 2 N–H and O–H groups in total. The molecule has 1 aromatic carbocycles. The van der Waals surface area contributed by atoms with Crippen LogP contribution >= 0.6 is 0 Å². The Hall–Kier alpha value is -3.04. The van der Waals surface area contributed by atoms with Gasteiger partial charge in [0.1, 0.15) is 11.6 Å². The van der Waals surface area contributed by atoms with Gasteiger partial charge in [0, 0.05) is 36.7 Å². The third-order valence-corrected chi connectivity index (χ3v) is 7.96. The number of rotatable bonds is 7. The molecule has 0 bridgehead atoms. The number of hydrogen-bond donors (Lipinski definition) is 2. The van der Waals surface area contributed by atoms with E-state index in [0.717, 1.165) is 63.5 Å². The number of carboxylic acids is 1. The van der Waals surface area contributed by atoms with Crippen LogP contribution in [-0.4, -0.2) is 63.9 Å². The molecule has 3 amide bonds. The average Bonchev–Trinajstić information content (AvgIpc) is 3.33. The average molecular weight is 520 g/mol. The number of carbonyl (C=O) groups is 4. The highest BCUT2D eigenvalue weighted by molar-refractivity contribution is 5.99. The Morgan fingerprint density at radius 2 is 1.43 bits per heavy atom. The Labute approximate surface area is 215 Å². The normalized spacial score (nSPS) is 22.1. The fourth-order valence-corrected chi connectivity index (χ4v) is 6.10. The van der Waals surface area contributed by atoms with Gasteiger partial charge in [-0.1, -0.05) is 38.5 Å². The summed E-state index contributed by atoms with van der Waals surface area (Å²) in [6, 6.07) is 1.83. The lowest BCUT2D eigenvalue weighted by molar-refractivity contribution is -0.146. The van der Waals surface area contributed by atoms with Gasteiger partial charge in [-0.2, -0.15) is 0 Å². The Kier molecular flexibility index (Phi) is 8.76. The molecule has 2 unspecified atom stereocenters. The molecule has 10 heteroatoms. The van der Waals surface area contributed by atoms with E-state index in [1.165, 1.54) is 9.80 Å². The van der Waals surface area contributed by atoms with Gasteiger partial charge in [-0.3, -0.25) is 19.2 Å². The molecule has 1 saturated heterocycles. The number of nitrogens with zero attached hydrogens (tertiary/aromatic N) is 2. The van der Waals surface area contributed by atoms with Crippen LogP contribution in [0.3, 0.4) is 0 Å². The summed E-state index contributed by atoms with van der Waals surface area (Å²) in [5.41, 5.74) is -0.253. The minimum atomic E-state index is -1.31. The first kappa shape index (κ1) is 27.0. The van der Waals surface area contributed by atoms with Gasteiger partial charge in [0.15, 0.2) is 6.17 Å². The van der Waals surface area contributed by atoms with E-state index < -0.39 is 41.6 Å². The Morgan fingerprint density at radius 3 is 2.03 bits per heavy atom. The molecule has 2 atom stereocenters. The fraction of sp³-hybridized carbons (Fsp3) is 0.630. The van der Waals surface area contributed by atoms with Crippen molar-refractivity contribution in [3.05, 3.63) is 35.4 Å². The van der Waals surface area contributed by atoms with Crippen molar-refractivity contribution < 1.29 is 33.1 Å². The first-order valence-corrected chi connectivity index (χ1v) is 13.3. The molecule has 3 aliphatic rings. The maximum Gasteiger partial charge on any atom is 0.305 e. The highest BCUT2D eigenvalue weighted by atomic mass is 19.1. The standard InChI is InChI=1S/C27H35F2N3O5/c28-20-13-19(14-21(29)15-20)27(37)32-12-11-31(26(36)18-9-5-2-6-10-18)25(32)24(35)30-22(16-23(33)34)17-7-3-1-4-8-17/h13-15,17-18,22,25H,1-12,16H2,(H,30,35)(H,33,34). The first-order valence-electron chi connectivity index (χ1n) is 13.3. The summed E-state index contributed by atoms with van der Waals surface area (Å²) >= 11 is 0. The van der Waals surface area contributed by atoms with Gasteiger partial charge < -0.3 is 20.2 Å². The topological polar surface area (TPSA) is 107 Å². The van der Waals surface area contributed by atoms with Gasteiger partial charge >= 0.3 is 5.97 Å². The maximum absolute atomic E-state index is 13.9. The number of benzene rings is 1. The summed E-state index contributed by atoms with van der Waals surface area (Å²) in [7, 11) is 0. The number of aliphatic carboxylic acids is 1.